The monoisotopic (exact) mass is 239 g/mol. The minimum atomic E-state index is 0.0380. The Bertz CT molecular complexity index is 561. The molecule has 0 aromatic heterocycles. The highest BCUT2D eigenvalue weighted by Gasteiger charge is 2.09. The van der Waals surface area contributed by atoms with E-state index in [-0.39, 0.29) is 5.91 Å². The Labute approximate surface area is 108 Å². The van der Waals surface area contributed by atoms with Gasteiger partial charge < -0.3 is 5.32 Å². The van der Waals surface area contributed by atoms with Crippen molar-refractivity contribution in [1.82, 2.24) is 5.32 Å². The highest BCUT2D eigenvalue weighted by Crippen LogP contribution is 2.26. The Kier molecular flexibility index (Phi) is 3.78. The molecule has 2 heteroatoms. The summed E-state index contributed by atoms with van der Waals surface area (Å²) in [6.07, 6.45) is 0.418. The summed E-state index contributed by atoms with van der Waals surface area (Å²) in [6.45, 7) is 2.09. The van der Waals surface area contributed by atoms with Crippen molar-refractivity contribution in [2.45, 2.75) is 13.3 Å². The van der Waals surface area contributed by atoms with E-state index in [0.717, 1.165) is 11.1 Å². The van der Waals surface area contributed by atoms with Gasteiger partial charge in [0.05, 0.1) is 6.42 Å². The van der Waals surface area contributed by atoms with Gasteiger partial charge in [0.2, 0.25) is 5.91 Å². The number of benzene rings is 2. The first-order valence-corrected chi connectivity index (χ1v) is 6.07. The summed E-state index contributed by atoms with van der Waals surface area (Å²) >= 11 is 0. The summed E-state index contributed by atoms with van der Waals surface area (Å²) in [7, 11) is 1.67. The SMILES string of the molecule is CNC(=O)Cc1ccccc1-c1ccccc1C. The second-order valence-electron chi connectivity index (χ2n) is 4.32. The van der Waals surface area contributed by atoms with Crippen LogP contribution in [0.2, 0.25) is 0 Å². The molecule has 2 rings (SSSR count). The molecule has 0 bridgehead atoms. The van der Waals surface area contributed by atoms with Gasteiger partial charge in [-0.1, -0.05) is 48.5 Å². The molecule has 18 heavy (non-hydrogen) atoms. The molecule has 0 unspecified atom stereocenters. The van der Waals surface area contributed by atoms with Gasteiger partial charge in [-0.15, -0.1) is 0 Å². The average molecular weight is 239 g/mol. The zero-order valence-corrected chi connectivity index (χ0v) is 10.7. The van der Waals surface area contributed by atoms with E-state index >= 15 is 0 Å². The first kappa shape index (κ1) is 12.4. The van der Waals surface area contributed by atoms with Gasteiger partial charge in [0.1, 0.15) is 0 Å². The van der Waals surface area contributed by atoms with Crippen molar-refractivity contribution in [1.29, 1.82) is 0 Å². The van der Waals surface area contributed by atoms with Crippen LogP contribution < -0.4 is 5.32 Å². The molecule has 0 fully saturated rings. The van der Waals surface area contributed by atoms with Crippen LogP contribution in [0.5, 0.6) is 0 Å². The minimum absolute atomic E-state index is 0.0380. The molecule has 0 aliphatic heterocycles. The van der Waals surface area contributed by atoms with Gasteiger partial charge in [-0.3, -0.25) is 4.79 Å². The number of likely N-dealkylation sites (N-methyl/N-ethyl adjacent to an activating group) is 1. The normalized spacial score (nSPS) is 10.1. The topological polar surface area (TPSA) is 29.1 Å². The molecule has 92 valence electrons. The van der Waals surface area contributed by atoms with Crippen molar-refractivity contribution < 1.29 is 4.79 Å². The molecule has 0 atom stereocenters. The molecular weight excluding hydrogens is 222 g/mol. The number of hydrogen-bond acceptors (Lipinski definition) is 1. The van der Waals surface area contributed by atoms with Crippen LogP contribution in [0.3, 0.4) is 0 Å². The maximum Gasteiger partial charge on any atom is 0.224 e. The number of carbonyl (C=O) groups excluding carboxylic acids is 1. The summed E-state index contributed by atoms with van der Waals surface area (Å²) in [4.78, 5) is 11.5. The molecule has 2 nitrogen and oxygen atoms in total. The summed E-state index contributed by atoms with van der Waals surface area (Å²) in [5.74, 6) is 0.0380. The first-order chi connectivity index (χ1) is 8.72. The lowest BCUT2D eigenvalue weighted by atomic mass is 9.94. The molecule has 1 amide bonds. The number of carbonyl (C=O) groups is 1. The maximum atomic E-state index is 11.5. The third kappa shape index (κ3) is 2.59. The van der Waals surface area contributed by atoms with Gasteiger partial charge in [0, 0.05) is 7.05 Å². The van der Waals surface area contributed by atoms with Crippen molar-refractivity contribution in [3.05, 3.63) is 59.7 Å². The Balaban J connectivity index is 2.45. The van der Waals surface area contributed by atoms with Gasteiger partial charge in [-0.05, 0) is 29.2 Å². The fourth-order valence-corrected chi connectivity index (χ4v) is 2.07. The van der Waals surface area contributed by atoms with E-state index in [9.17, 15) is 4.79 Å². The molecule has 0 aliphatic rings. The van der Waals surface area contributed by atoms with E-state index in [0.29, 0.717) is 6.42 Å². The fraction of sp³-hybridized carbons (Fsp3) is 0.188. The van der Waals surface area contributed by atoms with Gasteiger partial charge >= 0.3 is 0 Å². The highest BCUT2D eigenvalue weighted by atomic mass is 16.1. The second-order valence-corrected chi connectivity index (χ2v) is 4.32. The van der Waals surface area contributed by atoms with Gasteiger partial charge in [0.25, 0.3) is 0 Å². The van der Waals surface area contributed by atoms with Crippen LogP contribution in [-0.2, 0) is 11.2 Å². The van der Waals surface area contributed by atoms with E-state index in [1.54, 1.807) is 7.05 Å². The lowest BCUT2D eigenvalue weighted by molar-refractivity contribution is -0.119. The summed E-state index contributed by atoms with van der Waals surface area (Å²) in [5.41, 5.74) is 4.62. The predicted molar refractivity (Wildman–Crippen MR) is 74.4 cm³/mol. The van der Waals surface area contributed by atoms with Gasteiger partial charge in [-0.25, -0.2) is 0 Å². The predicted octanol–water partition coefficient (Wildman–Crippen LogP) is 2.95. The van der Waals surface area contributed by atoms with Crippen molar-refractivity contribution >= 4 is 5.91 Å². The lowest BCUT2D eigenvalue weighted by Gasteiger charge is -2.11. The first-order valence-electron chi connectivity index (χ1n) is 6.07. The van der Waals surface area contributed by atoms with E-state index in [2.05, 4.69) is 30.4 Å². The second kappa shape index (κ2) is 5.50. The average Bonchev–Trinajstić information content (AvgIpc) is 2.40. The number of aryl methyl sites for hydroxylation is 1. The summed E-state index contributed by atoms with van der Waals surface area (Å²) in [6, 6.07) is 16.3. The number of rotatable bonds is 3. The van der Waals surface area contributed by atoms with Crippen molar-refractivity contribution in [2.75, 3.05) is 7.05 Å². The van der Waals surface area contributed by atoms with Crippen LogP contribution >= 0.6 is 0 Å². The van der Waals surface area contributed by atoms with Gasteiger partial charge in [-0.2, -0.15) is 0 Å². The zero-order chi connectivity index (χ0) is 13.0. The molecule has 1 N–H and O–H groups in total. The smallest absolute Gasteiger partial charge is 0.224 e. The minimum Gasteiger partial charge on any atom is -0.359 e. The zero-order valence-electron chi connectivity index (χ0n) is 10.7. The highest BCUT2D eigenvalue weighted by molar-refractivity contribution is 5.82. The summed E-state index contributed by atoms with van der Waals surface area (Å²) in [5, 5.41) is 2.67. The largest absolute Gasteiger partial charge is 0.359 e. The Morgan fingerprint density at radius 1 is 1.00 bits per heavy atom. The van der Waals surface area contributed by atoms with Crippen molar-refractivity contribution in [2.24, 2.45) is 0 Å². The molecule has 0 aliphatic carbocycles. The van der Waals surface area contributed by atoms with E-state index < -0.39 is 0 Å². The van der Waals surface area contributed by atoms with Crippen LogP contribution in [0.4, 0.5) is 0 Å². The molecule has 0 radical (unpaired) electrons. The summed E-state index contributed by atoms with van der Waals surface area (Å²) < 4.78 is 0. The van der Waals surface area contributed by atoms with Crippen LogP contribution in [0, 0.1) is 6.92 Å². The number of hydrogen-bond donors (Lipinski definition) is 1. The fourth-order valence-electron chi connectivity index (χ4n) is 2.07. The Morgan fingerprint density at radius 2 is 1.61 bits per heavy atom. The molecule has 2 aromatic carbocycles. The van der Waals surface area contributed by atoms with Crippen LogP contribution in [0.15, 0.2) is 48.5 Å². The Hall–Kier alpha value is -2.09. The molecular formula is C16H17NO. The van der Waals surface area contributed by atoms with Crippen LogP contribution in [0.25, 0.3) is 11.1 Å². The van der Waals surface area contributed by atoms with Crippen molar-refractivity contribution in [3.63, 3.8) is 0 Å². The third-order valence-electron chi connectivity index (χ3n) is 3.08. The quantitative estimate of drug-likeness (QED) is 0.876. The van der Waals surface area contributed by atoms with E-state index in [1.807, 2.05) is 30.3 Å². The van der Waals surface area contributed by atoms with Gasteiger partial charge in [0.15, 0.2) is 0 Å². The number of amides is 1. The Morgan fingerprint density at radius 3 is 2.28 bits per heavy atom. The lowest BCUT2D eigenvalue weighted by Crippen LogP contribution is -2.20. The maximum absolute atomic E-state index is 11.5. The molecule has 0 saturated heterocycles. The van der Waals surface area contributed by atoms with E-state index in [4.69, 9.17) is 0 Å². The van der Waals surface area contributed by atoms with Crippen molar-refractivity contribution in [3.8, 4) is 11.1 Å². The molecule has 2 aromatic rings. The molecule has 0 heterocycles. The van der Waals surface area contributed by atoms with Crippen LogP contribution in [0.1, 0.15) is 11.1 Å². The standard InChI is InChI=1S/C16H17NO/c1-12-7-3-5-9-14(12)15-10-6-4-8-13(15)11-16(18)17-2/h3-10H,11H2,1-2H3,(H,17,18). The van der Waals surface area contributed by atoms with E-state index in [1.165, 1.54) is 11.1 Å². The number of nitrogens with one attached hydrogen (secondary N) is 1. The van der Waals surface area contributed by atoms with Crippen LogP contribution in [-0.4, -0.2) is 13.0 Å². The third-order valence-corrected chi connectivity index (χ3v) is 3.08. The molecule has 0 saturated carbocycles. The molecule has 0 spiro atoms.